The van der Waals surface area contributed by atoms with Crippen LogP contribution in [0, 0.1) is 5.92 Å². The minimum absolute atomic E-state index is 0.00252. The molecule has 0 aliphatic carbocycles. The fourth-order valence-electron chi connectivity index (χ4n) is 10.8. The van der Waals surface area contributed by atoms with Gasteiger partial charge in [0.05, 0.1) is 49.7 Å². The Hall–Kier alpha value is -7.67. The van der Waals surface area contributed by atoms with Crippen LogP contribution in [-0.2, 0) is 54.1 Å². The SMILES string of the molecule is COCCCCCCCCOc1ccc(-c2nnc(-c3ccc(C(=O)NC4CC(O)CNC(=O)C5C(O)C(C)CN5C(=O)C(C(O)CC(N)=O)NC(=O)C(C(O)Cc5ccc(O)c(OSOOO)c5)NC(=O)C5CC(O)CN5C(=O)C(C(C)O)NC4=O)cc3)s2)cc1. The fraction of sp³-hybridized carbons (Fsp3) is 0.525. The monoisotopic (exact) mass is 1330 g/mol. The molecule has 7 rings (SSSR count). The van der Waals surface area contributed by atoms with Gasteiger partial charge in [-0.05, 0) is 73.9 Å². The minimum atomic E-state index is -2.22. The van der Waals surface area contributed by atoms with Crippen LogP contribution in [0.1, 0.15) is 87.6 Å². The van der Waals surface area contributed by atoms with Gasteiger partial charge in [0, 0.05) is 75.2 Å². The predicted molar refractivity (Wildman–Crippen MR) is 326 cm³/mol. The average molecular weight is 1330 g/mol. The Morgan fingerprint density at radius 2 is 1.37 bits per heavy atom. The number of ether oxygens (including phenoxy) is 2. The first-order valence-electron chi connectivity index (χ1n) is 29.7. The van der Waals surface area contributed by atoms with E-state index in [0.29, 0.717) is 22.2 Å². The highest BCUT2D eigenvalue weighted by Crippen LogP contribution is 2.33. The van der Waals surface area contributed by atoms with Gasteiger partial charge in [-0.3, -0.25) is 38.4 Å². The Labute approximate surface area is 536 Å². The number of nitrogens with two attached hydrogens (primary N) is 1. The number of nitrogens with zero attached hydrogens (tertiary/aromatic N) is 4. The van der Waals surface area contributed by atoms with Crippen LogP contribution in [-0.4, -0.2) is 221 Å². The number of carbonyl (C=O) groups excluding carboxylic acids is 8. The Balaban J connectivity index is 1.14. The van der Waals surface area contributed by atoms with Gasteiger partial charge in [0.1, 0.15) is 52.0 Å². The summed E-state index contributed by atoms with van der Waals surface area (Å²) in [7, 11) is 1.70. The lowest BCUT2D eigenvalue weighted by Crippen LogP contribution is -2.64. The summed E-state index contributed by atoms with van der Waals surface area (Å²) in [5.41, 5.74) is 6.87. The molecule has 13 unspecified atom stereocenters. The molecule has 92 heavy (non-hydrogen) atoms. The standard InChI is InChI=1S/C59H78N10O21S2/c1-30-28-69-49(50(30)77)55(82)61-27-36(71)24-39(62-51(78)33-11-13-34(14-12-33)56-66-67-57(91-56)35-15-17-38(18-16-35)87-21-9-7-5-4-6-8-20-86-3)52(79)63-46(31(2)70)58(83)68-29-37(72)25-40(68)53(80)64-47(54(81)65-48(59(69)84)43(75)26-45(60)76)42(74)22-32-10-19-41(73)44(23-32)88-92-90-89-85/h10-19,23,30-31,36-37,39-40,42-43,46-50,70-75,77,85H,4-9,20-22,24-29H2,1-3H3,(H2,60,76)(H,61,82)(H,62,78)(H,63,79)(H,64,80)(H,65,81). The van der Waals surface area contributed by atoms with E-state index in [1.54, 1.807) is 19.2 Å². The zero-order valence-electron chi connectivity index (χ0n) is 50.5. The summed E-state index contributed by atoms with van der Waals surface area (Å²) in [6.07, 6.45) is -7.16. The number of aliphatic hydroxyl groups excluding tert-OH is 6. The number of rotatable bonds is 25. The molecule has 13 atom stereocenters. The molecular formula is C59H78N10O21S2. The van der Waals surface area contributed by atoms with Crippen LogP contribution < -0.4 is 41.2 Å². The zero-order valence-corrected chi connectivity index (χ0v) is 52.2. The first kappa shape index (κ1) is 71.8. The van der Waals surface area contributed by atoms with Gasteiger partial charge >= 0.3 is 0 Å². The first-order chi connectivity index (χ1) is 44.0. The number of β-amino-alcohol motifs (C(OH)–C–C–N with tert-alkyl or cyclic N) is 1. The van der Waals surface area contributed by atoms with Gasteiger partial charge in [-0.15, -0.1) is 10.2 Å². The summed E-state index contributed by atoms with van der Waals surface area (Å²) < 4.78 is 20.3. The van der Waals surface area contributed by atoms with Crippen LogP contribution >= 0.6 is 23.7 Å². The molecule has 3 aliphatic heterocycles. The van der Waals surface area contributed by atoms with Crippen molar-refractivity contribution in [3.8, 4) is 38.4 Å². The second-order valence-electron chi connectivity index (χ2n) is 22.7. The van der Waals surface area contributed by atoms with Crippen LogP contribution in [0.4, 0.5) is 0 Å². The number of fused-ring (bicyclic) bond motifs is 2. The molecule has 3 aliphatic rings. The van der Waals surface area contributed by atoms with Crippen molar-refractivity contribution in [3.05, 3.63) is 77.9 Å². The number of aromatic nitrogens is 2. The van der Waals surface area contributed by atoms with Crippen molar-refractivity contribution in [3.63, 3.8) is 0 Å². The number of benzene rings is 3. The number of phenols is 1. The van der Waals surface area contributed by atoms with Crippen molar-refractivity contribution in [1.82, 2.24) is 46.6 Å². The molecule has 0 bridgehead atoms. The van der Waals surface area contributed by atoms with Gasteiger partial charge in [0.15, 0.2) is 11.5 Å². The molecule has 8 amide bonds. The molecule has 1 aromatic heterocycles. The number of hydrogen-bond donors (Lipinski definition) is 14. The topological polar surface area (TPSA) is 463 Å². The molecule has 15 N–H and O–H groups in total. The highest BCUT2D eigenvalue weighted by molar-refractivity contribution is 7.90. The quantitative estimate of drug-likeness (QED) is 0.0166. The number of unbranched alkanes of at least 4 members (excludes halogenated alkanes) is 5. The van der Waals surface area contributed by atoms with Crippen LogP contribution in [0.5, 0.6) is 17.2 Å². The van der Waals surface area contributed by atoms with E-state index in [4.69, 9.17) is 24.6 Å². The second kappa shape index (κ2) is 34.3. The third-order valence-corrected chi connectivity index (χ3v) is 17.1. The Bertz CT molecular complexity index is 3170. The maximum atomic E-state index is 14.7. The molecule has 4 heterocycles. The summed E-state index contributed by atoms with van der Waals surface area (Å²) in [5, 5.41) is 112. The number of amides is 8. The van der Waals surface area contributed by atoms with Crippen molar-refractivity contribution in [1.29, 1.82) is 0 Å². The third-order valence-electron chi connectivity index (χ3n) is 15.7. The van der Waals surface area contributed by atoms with Crippen molar-refractivity contribution in [2.45, 2.75) is 151 Å². The van der Waals surface area contributed by atoms with E-state index < -0.39 is 177 Å². The smallest absolute Gasteiger partial charge is 0.261 e. The zero-order chi connectivity index (χ0) is 66.8. The van der Waals surface area contributed by atoms with Crippen molar-refractivity contribution in [2.75, 3.05) is 40.0 Å². The maximum absolute atomic E-state index is 14.7. The summed E-state index contributed by atoms with van der Waals surface area (Å²) >= 11 is 1.35. The van der Waals surface area contributed by atoms with Crippen LogP contribution in [0.15, 0.2) is 66.7 Å². The van der Waals surface area contributed by atoms with Gasteiger partial charge in [0.25, 0.3) is 18.2 Å². The molecule has 33 heteroatoms. The number of primary amides is 1. The second-order valence-corrected chi connectivity index (χ2v) is 24.2. The lowest BCUT2D eigenvalue weighted by atomic mass is 9.98. The number of aliphatic hydroxyl groups is 6. The predicted octanol–water partition coefficient (Wildman–Crippen LogP) is -0.869. The lowest BCUT2D eigenvalue weighted by Gasteiger charge is -2.33. The number of hydrogen-bond acceptors (Lipinski definition) is 25. The van der Waals surface area contributed by atoms with E-state index in [0.717, 1.165) is 85.3 Å². The normalized spacial score (nSPS) is 24.6. The van der Waals surface area contributed by atoms with Gasteiger partial charge in [-0.2, -0.15) is 0 Å². The molecule has 3 aromatic carbocycles. The summed E-state index contributed by atoms with van der Waals surface area (Å²) in [6, 6.07) is 5.33. The number of phenolic OH excluding ortho intramolecular Hbond substituents is 1. The molecule has 0 radical (unpaired) electrons. The van der Waals surface area contributed by atoms with Gasteiger partial charge in [0.2, 0.25) is 41.4 Å². The van der Waals surface area contributed by atoms with E-state index in [-0.39, 0.29) is 29.2 Å². The third kappa shape index (κ3) is 19.4. The highest BCUT2D eigenvalue weighted by Gasteiger charge is 2.50. The highest BCUT2D eigenvalue weighted by atomic mass is 32.2. The van der Waals surface area contributed by atoms with Crippen LogP contribution in [0.25, 0.3) is 21.1 Å². The first-order valence-corrected chi connectivity index (χ1v) is 31.2. The number of aromatic hydroxyl groups is 1. The molecule has 502 valence electrons. The Kier molecular flexibility index (Phi) is 26.8. The summed E-state index contributed by atoms with van der Waals surface area (Å²) in [6.45, 7) is 2.22. The number of nitrogens with one attached hydrogen (secondary N) is 5. The molecule has 3 saturated heterocycles. The van der Waals surface area contributed by atoms with Crippen molar-refractivity contribution in [2.24, 2.45) is 11.7 Å². The molecular weight excluding hydrogens is 1250 g/mol. The van der Waals surface area contributed by atoms with Gasteiger partial charge < -0.3 is 91.5 Å². The molecule has 0 spiro atoms. The van der Waals surface area contributed by atoms with Crippen LogP contribution in [0.2, 0.25) is 0 Å². The van der Waals surface area contributed by atoms with Crippen molar-refractivity contribution < 1.29 is 102 Å². The van der Waals surface area contributed by atoms with Crippen molar-refractivity contribution >= 4 is 70.9 Å². The molecule has 4 aromatic rings. The van der Waals surface area contributed by atoms with E-state index >= 15 is 0 Å². The summed E-state index contributed by atoms with van der Waals surface area (Å²) in [4.78, 5) is 115. The van der Waals surface area contributed by atoms with E-state index in [1.165, 1.54) is 36.5 Å². The van der Waals surface area contributed by atoms with E-state index in [1.807, 2.05) is 24.3 Å². The molecule has 0 saturated carbocycles. The fourth-order valence-corrected chi connectivity index (χ4v) is 11.9. The van der Waals surface area contributed by atoms with E-state index in [2.05, 4.69) is 46.2 Å². The number of methoxy groups -OCH3 is 1. The van der Waals surface area contributed by atoms with Crippen LogP contribution in [0.3, 0.4) is 0 Å². The van der Waals surface area contributed by atoms with E-state index in [9.17, 15) is 74.1 Å². The Morgan fingerprint density at radius 3 is 2.01 bits per heavy atom. The van der Waals surface area contributed by atoms with Gasteiger partial charge in [-0.25, -0.2) is 5.26 Å². The minimum Gasteiger partial charge on any atom is -0.504 e. The lowest BCUT2D eigenvalue weighted by molar-refractivity contribution is -0.433. The molecule has 31 nitrogen and oxygen atoms in total. The largest absolute Gasteiger partial charge is 0.504 e. The maximum Gasteiger partial charge on any atom is 0.261 e. The summed E-state index contributed by atoms with van der Waals surface area (Å²) in [5.74, 6) is -10.4. The average Bonchev–Trinajstić information content (AvgIpc) is 1.62. The van der Waals surface area contributed by atoms with Gasteiger partial charge in [-0.1, -0.05) is 71.5 Å². The Morgan fingerprint density at radius 1 is 0.750 bits per heavy atom. The number of carbonyl (C=O) groups is 8. The molecule has 3 fully saturated rings.